The highest BCUT2D eigenvalue weighted by Crippen LogP contribution is 2.37. The van der Waals surface area contributed by atoms with Gasteiger partial charge in [0.25, 0.3) is 0 Å². The topological polar surface area (TPSA) is 77.8 Å². The van der Waals surface area contributed by atoms with E-state index < -0.39 is 19.9 Å². The summed E-state index contributed by atoms with van der Waals surface area (Å²) in [6.07, 6.45) is -0.687. The number of hydrogen-bond acceptors (Lipinski definition) is 2. The van der Waals surface area contributed by atoms with Gasteiger partial charge in [0.2, 0.25) is 0 Å². The van der Waals surface area contributed by atoms with Gasteiger partial charge in [-0.1, -0.05) is 13.8 Å². The van der Waals surface area contributed by atoms with Gasteiger partial charge < -0.3 is 19.4 Å². The van der Waals surface area contributed by atoms with E-state index in [1.165, 1.54) is 0 Å². The molecule has 0 bridgehead atoms. The van der Waals surface area contributed by atoms with Crippen LogP contribution in [-0.4, -0.2) is 58.8 Å². The lowest BCUT2D eigenvalue weighted by Gasteiger charge is -2.38. The molecule has 2 atom stereocenters. The molecule has 0 spiro atoms. The minimum absolute atomic E-state index is 0.160. The Morgan fingerprint density at radius 2 is 1.62 bits per heavy atom. The SMILES string of the molecule is CC(C)C[C@H]([C@H](O)CP(=O)(O)O)[N+](C)(C)C. The van der Waals surface area contributed by atoms with E-state index in [1.54, 1.807) is 0 Å². The molecule has 0 rings (SSSR count). The molecule has 0 aliphatic rings. The highest BCUT2D eigenvalue weighted by molar-refractivity contribution is 7.51. The lowest BCUT2D eigenvalue weighted by atomic mass is 9.97. The van der Waals surface area contributed by atoms with E-state index >= 15 is 0 Å². The number of aliphatic hydroxyl groups excluding tert-OH is 1. The van der Waals surface area contributed by atoms with E-state index in [1.807, 2.05) is 35.0 Å². The summed E-state index contributed by atoms with van der Waals surface area (Å²) in [5.41, 5.74) is 0. The molecule has 0 aromatic carbocycles. The van der Waals surface area contributed by atoms with Crippen molar-refractivity contribution in [3.8, 4) is 0 Å². The molecule has 98 valence electrons. The van der Waals surface area contributed by atoms with Crippen molar-refractivity contribution in [2.75, 3.05) is 27.3 Å². The largest absolute Gasteiger partial charge is 0.386 e. The number of quaternary nitrogens is 1. The van der Waals surface area contributed by atoms with Crippen molar-refractivity contribution in [1.29, 1.82) is 0 Å². The molecule has 0 fully saturated rings. The van der Waals surface area contributed by atoms with Crippen molar-refractivity contribution in [2.24, 2.45) is 5.92 Å². The Kier molecular flexibility index (Phi) is 5.63. The highest BCUT2D eigenvalue weighted by Gasteiger charge is 2.35. The molecule has 0 amide bonds. The zero-order valence-corrected chi connectivity index (χ0v) is 11.7. The van der Waals surface area contributed by atoms with Crippen molar-refractivity contribution in [2.45, 2.75) is 32.4 Å². The first-order chi connectivity index (χ1) is 6.93. The summed E-state index contributed by atoms with van der Waals surface area (Å²) in [6.45, 7) is 4.07. The standard InChI is InChI=1S/C10H24NO4P/c1-8(2)6-9(11(3,4)5)10(12)7-16(13,14)15/h8-10,12H,6-7H2,1-5H3,(H-,13,14,15)/p+1/t9-,10-/m1/s1. The summed E-state index contributed by atoms with van der Waals surface area (Å²) in [7, 11) is 1.63. The fourth-order valence-electron chi connectivity index (χ4n) is 1.84. The Bertz CT molecular complexity index is 256. The van der Waals surface area contributed by atoms with Gasteiger partial charge >= 0.3 is 7.60 Å². The van der Waals surface area contributed by atoms with Crippen molar-refractivity contribution in [1.82, 2.24) is 0 Å². The van der Waals surface area contributed by atoms with Crippen LogP contribution in [0.3, 0.4) is 0 Å². The van der Waals surface area contributed by atoms with Crippen molar-refractivity contribution in [3.63, 3.8) is 0 Å². The Morgan fingerprint density at radius 3 is 1.88 bits per heavy atom. The predicted octanol–water partition coefficient (Wildman–Crippen LogP) is 0.646. The van der Waals surface area contributed by atoms with E-state index in [4.69, 9.17) is 9.79 Å². The number of rotatable bonds is 6. The fraction of sp³-hybridized carbons (Fsp3) is 1.00. The average Bonchev–Trinajstić information content (AvgIpc) is 1.93. The van der Waals surface area contributed by atoms with Gasteiger partial charge in [-0.25, -0.2) is 0 Å². The lowest BCUT2D eigenvalue weighted by molar-refractivity contribution is -0.900. The maximum atomic E-state index is 10.9. The Labute approximate surface area is 97.8 Å². The van der Waals surface area contributed by atoms with Crippen LogP contribution in [0, 0.1) is 5.92 Å². The predicted molar refractivity (Wildman–Crippen MR) is 64.2 cm³/mol. The molecule has 0 aliphatic heterocycles. The van der Waals surface area contributed by atoms with Crippen molar-refractivity contribution in [3.05, 3.63) is 0 Å². The van der Waals surface area contributed by atoms with Crippen LogP contribution in [0.25, 0.3) is 0 Å². The number of nitrogens with zero attached hydrogens (tertiary/aromatic N) is 1. The molecular formula is C10H25NO4P+. The molecule has 0 aromatic rings. The zero-order chi connectivity index (χ0) is 13.1. The lowest BCUT2D eigenvalue weighted by Crippen LogP contribution is -2.53. The van der Waals surface area contributed by atoms with Gasteiger partial charge in [-0.05, 0) is 5.92 Å². The van der Waals surface area contributed by atoms with E-state index in [2.05, 4.69) is 0 Å². The van der Waals surface area contributed by atoms with E-state index in [0.717, 1.165) is 6.42 Å². The van der Waals surface area contributed by atoms with Crippen LogP contribution < -0.4 is 0 Å². The van der Waals surface area contributed by atoms with E-state index in [9.17, 15) is 9.67 Å². The van der Waals surface area contributed by atoms with Crippen LogP contribution in [0.2, 0.25) is 0 Å². The third kappa shape index (κ3) is 6.61. The first-order valence-electron chi connectivity index (χ1n) is 5.47. The second kappa shape index (κ2) is 5.61. The first-order valence-corrected chi connectivity index (χ1v) is 7.27. The maximum Gasteiger partial charge on any atom is 0.328 e. The number of likely N-dealkylation sites (N-methyl/N-ethyl adjacent to an activating group) is 1. The molecular weight excluding hydrogens is 229 g/mol. The average molecular weight is 254 g/mol. The maximum absolute atomic E-state index is 10.9. The molecule has 5 nitrogen and oxygen atoms in total. The Morgan fingerprint density at radius 1 is 1.19 bits per heavy atom. The van der Waals surface area contributed by atoms with Crippen LogP contribution >= 0.6 is 7.60 Å². The molecule has 0 aromatic heterocycles. The van der Waals surface area contributed by atoms with Crippen molar-refractivity contribution >= 4 is 7.60 Å². The monoisotopic (exact) mass is 254 g/mol. The Hall–Kier alpha value is 0.0700. The molecule has 16 heavy (non-hydrogen) atoms. The van der Waals surface area contributed by atoms with Gasteiger partial charge in [-0.3, -0.25) is 4.57 Å². The van der Waals surface area contributed by atoms with Gasteiger partial charge in [0, 0.05) is 6.42 Å². The van der Waals surface area contributed by atoms with Crippen LogP contribution in [0.1, 0.15) is 20.3 Å². The summed E-state index contributed by atoms with van der Waals surface area (Å²) in [5.74, 6) is 0.383. The van der Waals surface area contributed by atoms with Crippen LogP contribution in [0.15, 0.2) is 0 Å². The van der Waals surface area contributed by atoms with Gasteiger partial charge in [-0.2, -0.15) is 0 Å². The van der Waals surface area contributed by atoms with Crippen LogP contribution in [-0.2, 0) is 4.57 Å². The number of hydrogen-bond donors (Lipinski definition) is 3. The molecule has 6 heteroatoms. The third-order valence-electron chi connectivity index (χ3n) is 2.58. The minimum Gasteiger partial charge on any atom is -0.386 e. The quantitative estimate of drug-likeness (QED) is 0.480. The second-order valence-electron chi connectivity index (χ2n) is 5.73. The van der Waals surface area contributed by atoms with Gasteiger partial charge in [0.1, 0.15) is 12.1 Å². The normalized spacial score (nSPS) is 17.6. The van der Waals surface area contributed by atoms with Crippen LogP contribution in [0.4, 0.5) is 0 Å². The second-order valence-corrected chi connectivity index (χ2v) is 7.42. The third-order valence-corrected chi connectivity index (χ3v) is 3.43. The highest BCUT2D eigenvalue weighted by atomic mass is 31.2. The summed E-state index contributed by atoms with van der Waals surface area (Å²) in [5, 5.41) is 9.92. The summed E-state index contributed by atoms with van der Waals surface area (Å²) in [4.78, 5) is 17.8. The molecule has 3 N–H and O–H groups in total. The fourth-order valence-corrected chi connectivity index (χ4v) is 2.57. The molecule has 0 aliphatic carbocycles. The molecule has 0 radical (unpaired) electrons. The summed E-state index contributed by atoms with van der Waals surface area (Å²) < 4.78 is 11.4. The summed E-state index contributed by atoms with van der Waals surface area (Å²) in [6, 6.07) is -0.160. The number of aliphatic hydroxyl groups is 1. The van der Waals surface area contributed by atoms with E-state index in [0.29, 0.717) is 10.4 Å². The zero-order valence-electron chi connectivity index (χ0n) is 10.8. The Balaban J connectivity index is 4.70. The van der Waals surface area contributed by atoms with Crippen molar-refractivity contribution < 1.29 is 23.9 Å². The van der Waals surface area contributed by atoms with Gasteiger partial charge in [-0.15, -0.1) is 0 Å². The summed E-state index contributed by atoms with van der Waals surface area (Å²) >= 11 is 0. The van der Waals surface area contributed by atoms with Gasteiger partial charge in [0.15, 0.2) is 0 Å². The molecule has 0 heterocycles. The van der Waals surface area contributed by atoms with Crippen LogP contribution in [0.5, 0.6) is 0 Å². The first kappa shape index (κ1) is 16.1. The molecule has 0 saturated heterocycles. The van der Waals surface area contributed by atoms with Gasteiger partial charge in [0.05, 0.1) is 27.3 Å². The minimum atomic E-state index is -4.15. The van der Waals surface area contributed by atoms with E-state index in [-0.39, 0.29) is 6.04 Å². The molecule has 0 saturated carbocycles. The molecule has 0 unspecified atom stereocenters. The smallest absolute Gasteiger partial charge is 0.328 e.